The molecule has 0 aliphatic rings. The maximum Gasteiger partial charge on any atom is 0.343 e. The second-order valence-corrected chi connectivity index (χ2v) is 0.934. The summed E-state index contributed by atoms with van der Waals surface area (Å²) in [6.07, 6.45) is 0. The van der Waals surface area contributed by atoms with E-state index in [-0.39, 0.29) is 6.61 Å². The minimum atomic E-state index is -0.602. The largest absolute Gasteiger partial charge is 0.397 e. The van der Waals surface area contributed by atoms with Crippen molar-refractivity contribution in [3.8, 4) is 0 Å². The summed E-state index contributed by atoms with van der Waals surface area (Å²) in [5, 5.41) is 7.57. The van der Waals surface area contributed by atoms with Crippen molar-refractivity contribution in [1.82, 2.24) is 10.9 Å². The third kappa shape index (κ3) is 19.1. The standard InChI is InChI=1S/C2H6O.CH6N4O/c1-2-3;2-4-1(6)5-3/h3H,2H2,1H3;2-3H2,(H2,4,5,6). The summed E-state index contributed by atoms with van der Waals surface area (Å²) in [5.74, 6) is 9.08. The van der Waals surface area contributed by atoms with Crippen LogP contribution < -0.4 is 22.5 Å². The summed E-state index contributed by atoms with van der Waals surface area (Å²) in [5.41, 5.74) is 3.48. The molecule has 0 atom stereocenters. The van der Waals surface area contributed by atoms with Gasteiger partial charge in [0.25, 0.3) is 0 Å². The lowest BCUT2D eigenvalue weighted by Crippen LogP contribution is -2.43. The average Bonchev–Trinajstić information content (AvgIpc) is 1.88. The summed E-state index contributed by atoms with van der Waals surface area (Å²) in [4.78, 5) is 9.71. The molecular formula is C3H12N4O2. The van der Waals surface area contributed by atoms with Crippen LogP contribution in [0.2, 0.25) is 0 Å². The molecule has 2 amide bonds. The number of nitrogens with two attached hydrogens (primary N) is 2. The van der Waals surface area contributed by atoms with Crippen LogP contribution in [0.25, 0.3) is 0 Å². The smallest absolute Gasteiger partial charge is 0.343 e. The lowest BCUT2D eigenvalue weighted by molar-refractivity contribution is 0.241. The van der Waals surface area contributed by atoms with Crippen LogP contribution in [-0.4, -0.2) is 17.7 Å². The van der Waals surface area contributed by atoms with Crippen LogP contribution >= 0.6 is 0 Å². The maximum atomic E-state index is 9.71. The summed E-state index contributed by atoms with van der Waals surface area (Å²) >= 11 is 0. The Morgan fingerprint density at radius 1 is 1.56 bits per heavy atom. The van der Waals surface area contributed by atoms with E-state index in [1.165, 1.54) is 0 Å². The fourth-order valence-electron chi connectivity index (χ4n) is 0.0417. The first-order chi connectivity index (χ1) is 4.22. The Bertz CT molecular complexity index is 60.8. The van der Waals surface area contributed by atoms with Crippen molar-refractivity contribution >= 4 is 6.03 Å². The molecule has 0 spiro atoms. The monoisotopic (exact) mass is 136 g/mol. The van der Waals surface area contributed by atoms with Gasteiger partial charge in [0.1, 0.15) is 0 Å². The number of nitrogens with one attached hydrogen (secondary N) is 2. The van der Waals surface area contributed by atoms with Crippen LogP contribution in [0.4, 0.5) is 4.79 Å². The Hall–Kier alpha value is -0.850. The minimum absolute atomic E-state index is 0.250. The Balaban J connectivity index is 0. The van der Waals surface area contributed by atoms with Crippen molar-refractivity contribution in [3.05, 3.63) is 0 Å². The van der Waals surface area contributed by atoms with Crippen LogP contribution in [0.3, 0.4) is 0 Å². The first kappa shape index (κ1) is 11.0. The number of hydrogen-bond acceptors (Lipinski definition) is 4. The molecule has 0 bridgehead atoms. The lowest BCUT2D eigenvalue weighted by Gasteiger charge is -1.90. The zero-order chi connectivity index (χ0) is 7.70. The van der Waals surface area contributed by atoms with Gasteiger partial charge >= 0.3 is 6.03 Å². The number of amides is 2. The number of aliphatic hydroxyl groups is 1. The van der Waals surface area contributed by atoms with Crippen molar-refractivity contribution < 1.29 is 9.90 Å². The SMILES string of the molecule is CCO.NNC(=O)NN. The van der Waals surface area contributed by atoms with Gasteiger partial charge in [0, 0.05) is 6.61 Å². The van der Waals surface area contributed by atoms with Crippen molar-refractivity contribution in [2.45, 2.75) is 6.92 Å². The molecule has 0 saturated carbocycles. The molecule has 9 heavy (non-hydrogen) atoms. The van der Waals surface area contributed by atoms with Crippen LogP contribution in [0.15, 0.2) is 0 Å². The highest BCUT2D eigenvalue weighted by Crippen LogP contribution is 1.42. The first-order valence-corrected chi connectivity index (χ1v) is 2.30. The zero-order valence-electron chi connectivity index (χ0n) is 5.22. The third-order valence-electron chi connectivity index (χ3n) is 0.262. The highest BCUT2D eigenvalue weighted by Gasteiger charge is 1.82. The molecule has 0 aromatic heterocycles. The Morgan fingerprint density at radius 3 is 1.78 bits per heavy atom. The van der Waals surface area contributed by atoms with E-state index >= 15 is 0 Å². The molecule has 0 fully saturated rings. The van der Waals surface area contributed by atoms with E-state index in [9.17, 15) is 4.79 Å². The second kappa shape index (κ2) is 10.2. The minimum Gasteiger partial charge on any atom is -0.397 e. The molecule has 0 unspecified atom stereocenters. The average molecular weight is 136 g/mol. The molecule has 7 N–H and O–H groups in total. The molecule has 0 rings (SSSR count). The topological polar surface area (TPSA) is 113 Å². The van der Waals surface area contributed by atoms with Crippen LogP contribution in [0.5, 0.6) is 0 Å². The van der Waals surface area contributed by atoms with Gasteiger partial charge in [0.05, 0.1) is 0 Å². The molecule has 56 valence electrons. The van der Waals surface area contributed by atoms with Gasteiger partial charge in [-0.05, 0) is 6.92 Å². The summed E-state index contributed by atoms with van der Waals surface area (Å²) in [6.45, 7) is 1.93. The fraction of sp³-hybridized carbons (Fsp3) is 0.667. The normalized spacial score (nSPS) is 6.67. The van der Waals surface area contributed by atoms with E-state index in [1.807, 2.05) is 0 Å². The molecule has 0 aromatic rings. The predicted octanol–water partition coefficient (Wildman–Crippen LogP) is -1.97. The summed E-state index contributed by atoms with van der Waals surface area (Å²) < 4.78 is 0. The van der Waals surface area contributed by atoms with Crippen molar-refractivity contribution in [2.75, 3.05) is 6.61 Å². The summed E-state index contributed by atoms with van der Waals surface area (Å²) in [6, 6.07) is -0.602. The van der Waals surface area contributed by atoms with Gasteiger partial charge in [0.15, 0.2) is 0 Å². The van der Waals surface area contributed by atoms with Crippen molar-refractivity contribution in [1.29, 1.82) is 0 Å². The highest BCUT2D eigenvalue weighted by atomic mass is 16.2. The lowest BCUT2D eigenvalue weighted by atomic mass is 10.9. The van der Waals surface area contributed by atoms with Gasteiger partial charge in [-0.1, -0.05) is 0 Å². The van der Waals surface area contributed by atoms with Crippen LogP contribution in [0.1, 0.15) is 6.92 Å². The molecule has 0 saturated heterocycles. The maximum absolute atomic E-state index is 9.71. The molecule has 6 heteroatoms. The Labute approximate surface area is 53.2 Å². The molecule has 0 aliphatic carbocycles. The van der Waals surface area contributed by atoms with Gasteiger partial charge in [-0.2, -0.15) is 0 Å². The number of aliphatic hydroxyl groups excluding tert-OH is 1. The Morgan fingerprint density at radius 2 is 1.78 bits per heavy atom. The van der Waals surface area contributed by atoms with E-state index in [0.717, 1.165) is 0 Å². The Kier molecular flexibility index (Phi) is 12.5. The highest BCUT2D eigenvalue weighted by molar-refractivity contribution is 5.72. The van der Waals surface area contributed by atoms with Gasteiger partial charge in [0.2, 0.25) is 0 Å². The zero-order valence-corrected chi connectivity index (χ0v) is 5.22. The fourth-order valence-corrected chi connectivity index (χ4v) is 0.0417. The van der Waals surface area contributed by atoms with E-state index in [0.29, 0.717) is 0 Å². The molecule has 0 heterocycles. The van der Waals surface area contributed by atoms with Gasteiger partial charge in [-0.15, -0.1) is 0 Å². The van der Waals surface area contributed by atoms with E-state index in [2.05, 4.69) is 11.7 Å². The second-order valence-electron chi connectivity index (χ2n) is 0.934. The van der Waals surface area contributed by atoms with Gasteiger partial charge in [-0.3, -0.25) is 10.9 Å². The summed E-state index contributed by atoms with van der Waals surface area (Å²) in [7, 11) is 0. The quantitative estimate of drug-likeness (QED) is 0.151. The van der Waals surface area contributed by atoms with E-state index < -0.39 is 6.03 Å². The molecular weight excluding hydrogens is 124 g/mol. The molecule has 0 aromatic carbocycles. The molecule has 0 radical (unpaired) electrons. The van der Waals surface area contributed by atoms with Crippen molar-refractivity contribution in [3.63, 3.8) is 0 Å². The predicted molar refractivity (Wildman–Crippen MR) is 32.8 cm³/mol. The van der Waals surface area contributed by atoms with Gasteiger partial charge < -0.3 is 5.11 Å². The number of rotatable bonds is 0. The number of carbonyl (C=O) groups excluding carboxylic acids is 1. The molecule has 6 nitrogen and oxygen atoms in total. The van der Waals surface area contributed by atoms with E-state index in [4.69, 9.17) is 5.11 Å². The van der Waals surface area contributed by atoms with E-state index in [1.54, 1.807) is 17.8 Å². The number of carbonyl (C=O) groups is 1. The van der Waals surface area contributed by atoms with Gasteiger partial charge in [-0.25, -0.2) is 16.5 Å². The number of urea groups is 1. The first-order valence-electron chi connectivity index (χ1n) is 2.30. The van der Waals surface area contributed by atoms with Crippen LogP contribution in [0, 0.1) is 0 Å². The number of hydrazine groups is 2. The van der Waals surface area contributed by atoms with Crippen LogP contribution in [-0.2, 0) is 0 Å². The number of hydrogen-bond donors (Lipinski definition) is 5. The third-order valence-corrected chi connectivity index (χ3v) is 0.262. The van der Waals surface area contributed by atoms with Crippen molar-refractivity contribution in [2.24, 2.45) is 11.7 Å². The molecule has 0 aliphatic heterocycles.